The molecule has 1 aromatic carbocycles. The number of likely N-dealkylation sites (tertiary alicyclic amines) is 1. The third-order valence-electron chi connectivity index (χ3n) is 6.01. The first-order chi connectivity index (χ1) is 15.7. The number of carbonyl (C=O) groups excluding carboxylic acids is 2. The van der Waals surface area contributed by atoms with Gasteiger partial charge in [-0.25, -0.2) is 4.79 Å². The van der Waals surface area contributed by atoms with Crippen molar-refractivity contribution < 1.29 is 9.59 Å². The molecule has 8 heteroatoms. The maximum atomic E-state index is 13.4. The lowest BCUT2D eigenvalue weighted by Crippen LogP contribution is -2.41. The van der Waals surface area contributed by atoms with Crippen LogP contribution in [0.3, 0.4) is 0 Å². The van der Waals surface area contributed by atoms with Gasteiger partial charge in [0.15, 0.2) is 0 Å². The molecule has 0 spiro atoms. The number of para-hydroxylation sites is 1. The number of aromatic nitrogens is 3. The summed E-state index contributed by atoms with van der Waals surface area (Å²) in [5.74, 6) is 0.0760. The summed E-state index contributed by atoms with van der Waals surface area (Å²) in [6.07, 6.45) is 3.23. The number of H-pyrrole nitrogens is 1. The summed E-state index contributed by atoms with van der Waals surface area (Å²) in [6, 6.07) is 10.7. The summed E-state index contributed by atoms with van der Waals surface area (Å²) >= 11 is 0. The van der Waals surface area contributed by atoms with Gasteiger partial charge < -0.3 is 15.2 Å². The van der Waals surface area contributed by atoms with Gasteiger partial charge in [0.25, 0.3) is 11.8 Å². The largest absolute Gasteiger partial charge is 0.350 e. The molecule has 0 atom stereocenters. The van der Waals surface area contributed by atoms with Crippen molar-refractivity contribution >= 4 is 22.8 Å². The van der Waals surface area contributed by atoms with Gasteiger partial charge in [-0.15, -0.1) is 0 Å². The molecule has 3 heterocycles. The molecule has 0 saturated carbocycles. The fourth-order valence-corrected chi connectivity index (χ4v) is 4.35. The van der Waals surface area contributed by atoms with Crippen molar-refractivity contribution in [1.82, 2.24) is 24.8 Å². The fourth-order valence-electron chi connectivity index (χ4n) is 4.35. The molecule has 1 aliphatic heterocycles. The Balaban J connectivity index is 1.43. The Bertz CT molecular complexity index is 1200. The first kappa shape index (κ1) is 22.8. The van der Waals surface area contributed by atoms with E-state index in [1.165, 1.54) is 0 Å². The molecule has 3 aromatic rings. The first-order valence-corrected chi connectivity index (χ1v) is 11.4. The summed E-state index contributed by atoms with van der Waals surface area (Å²) in [5, 5.41) is 2.95. The predicted molar refractivity (Wildman–Crippen MR) is 127 cm³/mol. The van der Waals surface area contributed by atoms with Gasteiger partial charge in [0, 0.05) is 32.4 Å². The Hall–Kier alpha value is -3.42. The fraction of sp³-hybridized carbons (Fsp3) is 0.440. The minimum absolute atomic E-state index is 0.0572. The van der Waals surface area contributed by atoms with E-state index in [4.69, 9.17) is 0 Å². The maximum absolute atomic E-state index is 13.4. The summed E-state index contributed by atoms with van der Waals surface area (Å²) in [5.41, 5.74) is 2.02. The number of hydrogen-bond acceptors (Lipinski definition) is 4. The summed E-state index contributed by atoms with van der Waals surface area (Å²) in [7, 11) is 0. The van der Waals surface area contributed by atoms with Crippen molar-refractivity contribution in [2.75, 3.05) is 19.6 Å². The van der Waals surface area contributed by atoms with Gasteiger partial charge in [0.1, 0.15) is 5.69 Å². The highest BCUT2D eigenvalue weighted by atomic mass is 16.2. The molecule has 1 fully saturated rings. The van der Waals surface area contributed by atoms with E-state index in [0.717, 1.165) is 12.8 Å². The van der Waals surface area contributed by atoms with E-state index < -0.39 is 0 Å². The zero-order valence-corrected chi connectivity index (χ0v) is 19.4. The third kappa shape index (κ3) is 5.16. The average Bonchev–Trinajstić information content (AvgIpc) is 3.11. The Labute approximate surface area is 193 Å². The Morgan fingerprint density at radius 3 is 2.55 bits per heavy atom. The number of rotatable bonds is 5. The van der Waals surface area contributed by atoms with Crippen LogP contribution in [-0.4, -0.2) is 50.9 Å². The molecule has 1 saturated heterocycles. The molecule has 1 aliphatic rings. The zero-order chi connectivity index (χ0) is 23.6. The Kier molecular flexibility index (Phi) is 6.35. The molecule has 2 aromatic heterocycles. The van der Waals surface area contributed by atoms with Crippen LogP contribution < -0.4 is 11.0 Å². The number of aromatic amines is 1. The second-order valence-electron chi connectivity index (χ2n) is 9.94. The highest BCUT2D eigenvalue weighted by Gasteiger charge is 2.27. The molecule has 4 rings (SSSR count). The van der Waals surface area contributed by atoms with Crippen molar-refractivity contribution in [3.8, 4) is 0 Å². The van der Waals surface area contributed by atoms with E-state index in [9.17, 15) is 14.4 Å². The Morgan fingerprint density at radius 1 is 1.12 bits per heavy atom. The van der Waals surface area contributed by atoms with Crippen molar-refractivity contribution in [2.45, 2.75) is 40.2 Å². The Morgan fingerprint density at radius 2 is 1.88 bits per heavy atom. The van der Waals surface area contributed by atoms with E-state index in [1.807, 2.05) is 17.0 Å². The average molecular weight is 450 g/mol. The molecule has 0 bridgehead atoms. The van der Waals surface area contributed by atoms with Crippen LogP contribution >= 0.6 is 0 Å². The van der Waals surface area contributed by atoms with Crippen molar-refractivity contribution in [2.24, 2.45) is 11.3 Å². The summed E-state index contributed by atoms with van der Waals surface area (Å²) in [6.45, 7) is 8.53. The lowest BCUT2D eigenvalue weighted by atomic mass is 9.95. The van der Waals surface area contributed by atoms with Gasteiger partial charge in [0.2, 0.25) is 0 Å². The number of nitrogens with one attached hydrogen (secondary N) is 2. The number of fused-ring (bicyclic) bond motifs is 1. The van der Waals surface area contributed by atoms with Crippen LogP contribution in [0.1, 0.15) is 54.5 Å². The molecule has 0 unspecified atom stereocenters. The van der Waals surface area contributed by atoms with Gasteiger partial charge >= 0.3 is 5.69 Å². The van der Waals surface area contributed by atoms with E-state index in [2.05, 4.69) is 36.1 Å². The second kappa shape index (κ2) is 9.21. The topological polar surface area (TPSA) is 100 Å². The van der Waals surface area contributed by atoms with Gasteiger partial charge in [-0.3, -0.25) is 19.1 Å². The SMILES string of the molecule is CC(C)(C)Cn1c(=O)[nH]c2cccc(C(=O)N3CCC(CNC(=O)c4ccccn4)CC3)c21. The lowest BCUT2D eigenvalue weighted by molar-refractivity contribution is 0.0685. The highest BCUT2D eigenvalue weighted by Crippen LogP contribution is 2.25. The van der Waals surface area contributed by atoms with Crippen LogP contribution in [0.15, 0.2) is 47.4 Å². The molecule has 0 radical (unpaired) electrons. The highest BCUT2D eigenvalue weighted by molar-refractivity contribution is 6.05. The van der Waals surface area contributed by atoms with Crippen molar-refractivity contribution in [3.05, 3.63) is 64.3 Å². The molecule has 174 valence electrons. The number of nitrogens with zero attached hydrogens (tertiary/aromatic N) is 3. The molecule has 33 heavy (non-hydrogen) atoms. The number of imidazole rings is 1. The maximum Gasteiger partial charge on any atom is 0.326 e. The van der Waals surface area contributed by atoms with E-state index in [0.29, 0.717) is 54.4 Å². The predicted octanol–water partition coefficient (Wildman–Crippen LogP) is 3.05. The smallest absolute Gasteiger partial charge is 0.326 e. The van der Waals surface area contributed by atoms with Gasteiger partial charge in [0.05, 0.1) is 16.6 Å². The van der Waals surface area contributed by atoms with Gasteiger partial charge in [-0.2, -0.15) is 0 Å². The molecular formula is C25H31N5O3. The van der Waals surface area contributed by atoms with Crippen molar-refractivity contribution in [1.29, 1.82) is 0 Å². The number of amides is 2. The van der Waals surface area contributed by atoms with Crippen LogP contribution in [0, 0.1) is 11.3 Å². The van der Waals surface area contributed by atoms with E-state index in [1.54, 1.807) is 35.0 Å². The van der Waals surface area contributed by atoms with Crippen molar-refractivity contribution in [3.63, 3.8) is 0 Å². The zero-order valence-electron chi connectivity index (χ0n) is 19.4. The molecule has 2 N–H and O–H groups in total. The normalized spacial score (nSPS) is 15.1. The lowest BCUT2D eigenvalue weighted by Gasteiger charge is -2.32. The third-order valence-corrected chi connectivity index (χ3v) is 6.01. The molecule has 0 aliphatic carbocycles. The molecule has 2 amide bonds. The second-order valence-corrected chi connectivity index (χ2v) is 9.94. The quantitative estimate of drug-likeness (QED) is 0.625. The number of carbonyl (C=O) groups is 2. The van der Waals surface area contributed by atoms with Crippen LogP contribution in [0.5, 0.6) is 0 Å². The van der Waals surface area contributed by atoms with Crippen LogP contribution in [0.2, 0.25) is 0 Å². The number of benzene rings is 1. The molecular weight excluding hydrogens is 418 g/mol. The number of hydrogen-bond donors (Lipinski definition) is 2. The van der Waals surface area contributed by atoms with Gasteiger partial charge in [-0.1, -0.05) is 32.9 Å². The van der Waals surface area contributed by atoms with E-state index >= 15 is 0 Å². The van der Waals surface area contributed by atoms with Crippen LogP contribution in [0.4, 0.5) is 0 Å². The summed E-state index contributed by atoms with van der Waals surface area (Å²) < 4.78 is 1.68. The summed E-state index contributed by atoms with van der Waals surface area (Å²) in [4.78, 5) is 47.0. The van der Waals surface area contributed by atoms with Gasteiger partial charge in [-0.05, 0) is 48.4 Å². The minimum atomic E-state index is -0.192. The molecule has 8 nitrogen and oxygen atoms in total. The number of pyridine rings is 1. The van der Waals surface area contributed by atoms with Crippen LogP contribution in [-0.2, 0) is 6.54 Å². The standard InChI is InChI=1S/C25H31N5O3/c1-25(2,3)16-30-21-18(7-6-9-19(21)28-24(30)33)23(32)29-13-10-17(11-14-29)15-27-22(31)20-8-4-5-12-26-20/h4-9,12,17H,10-11,13-16H2,1-3H3,(H,27,31)(H,28,33). The monoisotopic (exact) mass is 449 g/mol. The van der Waals surface area contributed by atoms with E-state index in [-0.39, 0.29) is 22.9 Å². The minimum Gasteiger partial charge on any atom is -0.350 e. The van der Waals surface area contributed by atoms with Crippen LogP contribution in [0.25, 0.3) is 11.0 Å². The first-order valence-electron chi connectivity index (χ1n) is 11.4. The number of piperidine rings is 1.